The molecule has 0 unspecified atom stereocenters. The summed E-state index contributed by atoms with van der Waals surface area (Å²) in [6, 6.07) is 7.45. The predicted molar refractivity (Wildman–Crippen MR) is 86.6 cm³/mol. The van der Waals surface area contributed by atoms with Crippen LogP contribution in [-0.4, -0.2) is 35.2 Å². The van der Waals surface area contributed by atoms with E-state index in [0.717, 1.165) is 5.56 Å². The van der Waals surface area contributed by atoms with E-state index in [1.54, 1.807) is 20.0 Å². The Morgan fingerprint density at radius 1 is 1.26 bits per heavy atom. The number of nitrogens with one attached hydrogen (secondary N) is 2. The molecule has 2 rings (SSSR count). The topological polar surface area (TPSA) is 85.2 Å². The van der Waals surface area contributed by atoms with Crippen molar-refractivity contribution in [3.8, 4) is 5.75 Å². The molecule has 0 atom stereocenters. The van der Waals surface area contributed by atoms with Gasteiger partial charge in [0.05, 0.1) is 11.4 Å². The quantitative estimate of drug-likeness (QED) is 0.873. The number of anilines is 1. The first-order valence-corrected chi connectivity index (χ1v) is 7.18. The fourth-order valence-electron chi connectivity index (χ4n) is 2.22. The Labute approximate surface area is 134 Å². The molecule has 1 aromatic heterocycles. The molecule has 0 aliphatic carbocycles. The molecule has 7 heteroatoms. The number of carbonyl (C=O) groups excluding carboxylic acids is 2. The zero-order chi connectivity index (χ0) is 17.0. The van der Waals surface area contributed by atoms with Crippen molar-refractivity contribution in [2.24, 2.45) is 7.05 Å². The van der Waals surface area contributed by atoms with Gasteiger partial charge in [0.2, 0.25) is 0 Å². The van der Waals surface area contributed by atoms with Gasteiger partial charge in [0.15, 0.2) is 6.61 Å². The number of amides is 2. The summed E-state index contributed by atoms with van der Waals surface area (Å²) in [6.07, 6.45) is 0. The molecule has 122 valence electrons. The van der Waals surface area contributed by atoms with Gasteiger partial charge in [-0.15, -0.1) is 0 Å². The summed E-state index contributed by atoms with van der Waals surface area (Å²) in [4.78, 5) is 24.0. The molecule has 0 fully saturated rings. The van der Waals surface area contributed by atoms with Gasteiger partial charge in [-0.3, -0.25) is 14.3 Å². The highest BCUT2D eigenvalue weighted by Crippen LogP contribution is 2.20. The lowest BCUT2D eigenvalue weighted by Gasteiger charge is -2.10. The van der Waals surface area contributed by atoms with Gasteiger partial charge in [-0.25, -0.2) is 0 Å². The van der Waals surface area contributed by atoms with E-state index in [4.69, 9.17) is 4.74 Å². The second kappa shape index (κ2) is 6.95. The van der Waals surface area contributed by atoms with Crippen LogP contribution in [-0.2, 0) is 11.8 Å². The lowest BCUT2D eigenvalue weighted by molar-refractivity contribution is -0.118. The molecule has 7 nitrogen and oxygen atoms in total. The van der Waals surface area contributed by atoms with Crippen LogP contribution in [0.1, 0.15) is 21.7 Å². The van der Waals surface area contributed by atoms with Crippen LogP contribution < -0.4 is 15.4 Å². The van der Waals surface area contributed by atoms with Crippen molar-refractivity contribution in [3.05, 3.63) is 41.2 Å². The van der Waals surface area contributed by atoms with E-state index in [1.807, 2.05) is 25.1 Å². The van der Waals surface area contributed by atoms with Gasteiger partial charge in [-0.1, -0.05) is 18.2 Å². The van der Waals surface area contributed by atoms with Gasteiger partial charge < -0.3 is 15.4 Å². The SMILES string of the molecule is CNC(=O)c1c(NC(=O)COc2ccccc2C)c(C)nn1C. The van der Waals surface area contributed by atoms with Gasteiger partial charge in [0.25, 0.3) is 11.8 Å². The maximum atomic E-state index is 12.1. The molecular formula is C16H20N4O3. The standard InChI is InChI=1S/C16H20N4O3/c1-10-7-5-6-8-12(10)23-9-13(21)18-14-11(2)19-20(4)15(14)16(22)17-3/h5-8H,9H2,1-4H3,(H,17,22)(H,18,21). The summed E-state index contributed by atoms with van der Waals surface area (Å²) in [5, 5.41) is 9.39. The van der Waals surface area contributed by atoms with Crippen LogP contribution >= 0.6 is 0 Å². The molecular weight excluding hydrogens is 296 g/mol. The fraction of sp³-hybridized carbons (Fsp3) is 0.312. The number of rotatable bonds is 5. The largest absolute Gasteiger partial charge is 0.483 e. The minimum atomic E-state index is -0.352. The molecule has 0 bridgehead atoms. The molecule has 23 heavy (non-hydrogen) atoms. The van der Waals surface area contributed by atoms with Crippen LogP contribution in [0.3, 0.4) is 0 Å². The van der Waals surface area contributed by atoms with Crippen molar-refractivity contribution < 1.29 is 14.3 Å². The monoisotopic (exact) mass is 316 g/mol. The maximum absolute atomic E-state index is 12.1. The van der Waals surface area contributed by atoms with E-state index >= 15 is 0 Å². The third-order valence-electron chi connectivity index (χ3n) is 3.38. The Morgan fingerprint density at radius 3 is 2.61 bits per heavy atom. The number of benzene rings is 1. The Kier molecular flexibility index (Phi) is 5.00. The second-order valence-electron chi connectivity index (χ2n) is 5.11. The van der Waals surface area contributed by atoms with Crippen LogP contribution in [0, 0.1) is 13.8 Å². The van der Waals surface area contributed by atoms with Gasteiger partial charge in [0.1, 0.15) is 11.4 Å². The van der Waals surface area contributed by atoms with E-state index in [0.29, 0.717) is 22.8 Å². The summed E-state index contributed by atoms with van der Waals surface area (Å²) in [7, 11) is 3.18. The average Bonchev–Trinajstić information content (AvgIpc) is 2.79. The van der Waals surface area contributed by atoms with E-state index in [1.165, 1.54) is 11.7 Å². The Balaban J connectivity index is 2.09. The maximum Gasteiger partial charge on any atom is 0.271 e. The van der Waals surface area contributed by atoms with E-state index in [2.05, 4.69) is 15.7 Å². The van der Waals surface area contributed by atoms with Crippen LogP contribution in [0.15, 0.2) is 24.3 Å². The number of aromatic nitrogens is 2. The molecule has 2 amide bonds. The van der Waals surface area contributed by atoms with Crippen LogP contribution in [0.25, 0.3) is 0 Å². The summed E-state index contributed by atoms with van der Waals surface area (Å²) in [5.74, 6) is -0.0187. The number of hydrogen-bond acceptors (Lipinski definition) is 4. The lowest BCUT2D eigenvalue weighted by Crippen LogP contribution is -2.25. The minimum Gasteiger partial charge on any atom is -0.483 e. The number of carbonyl (C=O) groups is 2. The Hall–Kier alpha value is -2.83. The fourth-order valence-corrected chi connectivity index (χ4v) is 2.22. The zero-order valence-corrected chi connectivity index (χ0v) is 13.6. The number of ether oxygens (including phenoxy) is 1. The van der Waals surface area contributed by atoms with Gasteiger partial charge in [-0.05, 0) is 25.5 Å². The lowest BCUT2D eigenvalue weighted by atomic mass is 10.2. The number of hydrogen-bond donors (Lipinski definition) is 2. The molecule has 1 aromatic carbocycles. The summed E-state index contributed by atoms with van der Waals surface area (Å²) in [6.45, 7) is 3.48. The van der Waals surface area contributed by atoms with Crippen molar-refractivity contribution in [2.45, 2.75) is 13.8 Å². The highest BCUT2D eigenvalue weighted by Gasteiger charge is 2.21. The van der Waals surface area contributed by atoms with Crippen molar-refractivity contribution in [1.82, 2.24) is 15.1 Å². The highest BCUT2D eigenvalue weighted by molar-refractivity contribution is 6.03. The summed E-state index contributed by atoms with van der Waals surface area (Å²) < 4.78 is 6.94. The number of para-hydroxylation sites is 1. The molecule has 2 aromatic rings. The van der Waals surface area contributed by atoms with Gasteiger partial charge in [-0.2, -0.15) is 5.10 Å². The average molecular weight is 316 g/mol. The van der Waals surface area contributed by atoms with Crippen LogP contribution in [0.2, 0.25) is 0 Å². The van der Waals surface area contributed by atoms with E-state index < -0.39 is 0 Å². The highest BCUT2D eigenvalue weighted by atomic mass is 16.5. The Bertz CT molecular complexity index is 737. The Morgan fingerprint density at radius 2 is 1.96 bits per heavy atom. The summed E-state index contributed by atoms with van der Waals surface area (Å²) >= 11 is 0. The van der Waals surface area contributed by atoms with Crippen molar-refractivity contribution in [3.63, 3.8) is 0 Å². The van der Waals surface area contributed by atoms with Crippen molar-refractivity contribution >= 4 is 17.5 Å². The molecule has 0 saturated heterocycles. The van der Waals surface area contributed by atoms with Crippen LogP contribution in [0.5, 0.6) is 5.75 Å². The molecule has 2 N–H and O–H groups in total. The molecule has 0 aliphatic heterocycles. The first kappa shape index (κ1) is 16.5. The number of aryl methyl sites for hydroxylation is 3. The normalized spacial score (nSPS) is 10.3. The predicted octanol–water partition coefficient (Wildman–Crippen LogP) is 1.41. The van der Waals surface area contributed by atoms with E-state index in [-0.39, 0.29) is 18.4 Å². The minimum absolute atomic E-state index is 0.146. The zero-order valence-electron chi connectivity index (χ0n) is 13.6. The third kappa shape index (κ3) is 3.68. The van der Waals surface area contributed by atoms with Gasteiger partial charge in [0, 0.05) is 14.1 Å². The smallest absolute Gasteiger partial charge is 0.271 e. The summed E-state index contributed by atoms with van der Waals surface area (Å²) in [5.41, 5.74) is 2.21. The molecule has 1 heterocycles. The molecule has 0 aliphatic rings. The van der Waals surface area contributed by atoms with E-state index in [9.17, 15) is 9.59 Å². The van der Waals surface area contributed by atoms with Crippen LogP contribution in [0.4, 0.5) is 5.69 Å². The van der Waals surface area contributed by atoms with Crippen molar-refractivity contribution in [1.29, 1.82) is 0 Å². The number of nitrogens with zero attached hydrogens (tertiary/aromatic N) is 2. The second-order valence-corrected chi connectivity index (χ2v) is 5.11. The molecule has 0 saturated carbocycles. The third-order valence-corrected chi connectivity index (χ3v) is 3.38. The van der Waals surface area contributed by atoms with Gasteiger partial charge >= 0.3 is 0 Å². The molecule has 0 radical (unpaired) electrons. The molecule has 0 spiro atoms. The first-order valence-electron chi connectivity index (χ1n) is 7.18. The first-order chi connectivity index (χ1) is 10.9. The van der Waals surface area contributed by atoms with Crippen molar-refractivity contribution in [2.75, 3.05) is 19.0 Å².